The van der Waals surface area contributed by atoms with Gasteiger partial charge in [-0.05, 0) is 57.4 Å². The number of methoxy groups -OCH3 is 2. The van der Waals surface area contributed by atoms with Gasteiger partial charge in [0, 0.05) is 19.2 Å². The number of likely N-dealkylation sites (tertiary alicyclic amines) is 1. The molecule has 0 radical (unpaired) electrons. The van der Waals surface area contributed by atoms with E-state index < -0.39 is 5.60 Å². The number of hydrogen-bond donors (Lipinski definition) is 1. The van der Waals surface area contributed by atoms with Gasteiger partial charge in [-0.3, -0.25) is 0 Å². The standard InChI is InChI=1S/C19H28N2O3/c1-18(2,14-20)5-8-21-9-6-19(22,7-10-21)15-11-16(23-3)13-17(12-15)24-4/h11-13,22H,5-10H2,1-4H3. The minimum absolute atomic E-state index is 0.298. The Morgan fingerprint density at radius 3 is 2.17 bits per heavy atom. The predicted molar refractivity (Wildman–Crippen MR) is 93.1 cm³/mol. The van der Waals surface area contributed by atoms with Crippen molar-refractivity contribution < 1.29 is 14.6 Å². The maximum Gasteiger partial charge on any atom is 0.122 e. The Morgan fingerprint density at radius 1 is 1.17 bits per heavy atom. The second kappa shape index (κ2) is 7.42. The summed E-state index contributed by atoms with van der Waals surface area (Å²) in [5, 5.41) is 20.2. The number of aliphatic hydroxyl groups is 1. The van der Waals surface area contributed by atoms with Crippen molar-refractivity contribution in [1.29, 1.82) is 5.26 Å². The zero-order valence-corrected chi connectivity index (χ0v) is 15.1. The van der Waals surface area contributed by atoms with Crippen molar-refractivity contribution in [3.05, 3.63) is 23.8 Å². The summed E-state index contributed by atoms with van der Waals surface area (Å²) in [6.45, 7) is 6.46. The fourth-order valence-corrected chi connectivity index (χ4v) is 3.00. The van der Waals surface area contributed by atoms with Crippen LogP contribution in [0.4, 0.5) is 0 Å². The number of rotatable bonds is 6. The molecule has 0 amide bonds. The van der Waals surface area contributed by atoms with Gasteiger partial charge in [-0.1, -0.05) is 0 Å². The van der Waals surface area contributed by atoms with Gasteiger partial charge in [-0.25, -0.2) is 0 Å². The summed E-state index contributed by atoms with van der Waals surface area (Å²) in [6, 6.07) is 7.93. The van der Waals surface area contributed by atoms with Crippen LogP contribution in [-0.2, 0) is 5.60 Å². The number of hydrogen-bond acceptors (Lipinski definition) is 5. The van der Waals surface area contributed by atoms with Crippen LogP contribution < -0.4 is 9.47 Å². The number of nitriles is 1. The molecule has 5 nitrogen and oxygen atoms in total. The minimum Gasteiger partial charge on any atom is -0.497 e. The molecule has 1 saturated heterocycles. The van der Waals surface area contributed by atoms with Gasteiger partial charge in [-0.2, -0.15) is 5.26 Å². The molecule has 0 aromatic heterocycles. The number of nitrogens with zero attached hydrogens (tertiary/aromatic N) is 2. The molecule has 1 aromatic carbocycles. The first-order valence-corrected chi connectivity index (χ1v) is 8.41. The van der Waals surface area contributed by atoms with E-state index in [-0.39, 0.29) is 5.41 Å². The number of ether oxygens (including phenoxy) is 2. The monoisotopic (exact) mass is 332 g/mol. The van der Waals surface area contributed by atoms with Crippen LogP contribution in [0.15, 0.2) is 18.2 Å². The average molecular weight is 332 g/mol. The van der Waals surface area contributed by atoms with Crippen LogP contribution in [0.2, 0.25) is 0 Å². The van der Waals surface area contributed by atoms with Crippen LogP contribution in [0, 0.1) is 16.7 Å². The summed E-state index contributed by atoms with van der Waals surface area (Å²) in [5.41, 5.74) is -0.313. The fraction of sp³-hybridized carbons (Fsp3) is 0.632. The topological polar surface area (TPSA) is 65.7 Å². The fourth-order valence-electron chi connectivity index (χ4n) is 3.00. The highest BCUT2D eigenvalue weighted by atomic mass is 16.5. The Morgan fingerprint density at radius 2 is 1.71 bits per heavy atom. The molecule has 0 unspecified atom stereocenters. The quantitative estimate of drug-likeness (QED) is 0.867. The second-order valence-corrected chi connectivity index (χ2v) is 7.22. The molecule has 1 aliphatic rings. The Kier molecular flexibility index (Phi) is 5.74. The van der Waals surface area contributed by atoms with Gasteiger partial charge in [0.05, 0.1) is 31.3 Å². The molecule has 1 aromatic rings. The van der Waals surface area contributed by atoms with Crippen molar-refractivity contribution >= 4 is 0 Å². The molecule has 2 rings (SSSR count). The first-order chi connectivity index (χ1) is 11.3. The number of piperidine rings is 1. The van der Waals surface area contributed by atoms with Crippen molar-refractivity contribution in [2.24, 2.45) is 5.41 Å². The lowest BCUT2D eigenvalue weighted by Crippen LogP contribution is -2.43. The molecule has 132 valence electrons. The molecule has 0 saturated carbocycles. The van der Waals surface area contributed by atoms with Gasteiger partial charge >= 0.3 is 0 Å². The average Bonchev–Trinajstić information content (AvgIpc) is 2.60. The first kappa shape index (κ1) is 18.6. The summed E-state index contributed by atoms with van der Waals surface area (Å²) in [5.74, 6) is 1.38. The zero-order valence-electron chi connectivity index (χ0n) is 15.1. The summed E-state index contributed by atoms with van der Waals surface area (Å²) >= 11 is 0. The highest BCUT2D eigenvalue weighted by Crippen LogP contribution is 2.37. The molecular weight excluding hydrogens is 304 g/mol. The molecule has 0 aliphatic carbocycles. The predicted octanol–water partition coefficient (Wildman–Crippen LogP) is 2.93. The second-order valence-electron chi connectivity index (χ2n) is 7.22. The van der Waals surface area contributed by atoms with Gasteiger partial charge in [0.15, 0.2) is 0 Å². The molecule has 1 N–H and O–H groups in total. The molecule has 0 spiro atoms. The van der Waals surface area contributed by atoms with Gasteiger partial charge < -0.3 is 19.5 Å². The maximum absolute atomic E-state index is 11.1. The molecule has 1 aliphatic heterocycles. The smallest absolute Gasteiger partial charge is 0.122 e. The third-order valence-electron chi connectivity index (χ3n) is 4.93. The molecule has 1 fully saturated rings. The lowest BCUT2D eigenvalue weighted by atomic mass is 9.83. The van der Waals surface area contributed by atoms with Crippen LogP contribution in [0.25, 0.3) is 0 Å². The highest BCUT2D eigenvalue weighted by Gasteiger charge is 2.35. The van der Waals surface area contributed by atoms with E-state index >= 15 is 0 Å². The van der Waals surface area contributed by atoms with Gasteiger partial charge in [0.1, 0.15) is 11.5 Å². The van der Waals surface area contributed by atoms with Gasteiger partial charge in [-0.15, -0.1) is 0 Å². The van der Waals surface area contributed by atoms with Crippen LogP contribution in [0.3, 0.4) is 0 Å². The Labute approximate surface area is 144 Å². The van der Waals surface area contributed by atoms with E-state index in [1.807, 2.05) is 32.0 Å². The van der Waals surface area contributed by atoms with Crippen molar-refractivity contribution in [2.75, 3.05) is 33.9 Å². The Balaban J connectivity index is 2.03. The zero-order chi connectivity index (χ0) is 17.8. The van der Waals surface area contributed by atoms with Gasteiger partial charge in [0.2, 0.25) is 0 Å². The lowest BCUT2D eigenvalue weighted by Gasteiger charge is -2.39. The Bertz CT molecular complexity index is 577. The maximum atomic E-state index is 11.1. The van der Waals surface area contributed by atoms with Crippen LogP contribution in [0.5, 0.6) is 11.5 Å². The minimum atomic E-state index is -0.858. The molecule has 0 atom stereocenters. The van der Waals surface area contributed by atoms with Crippen molar-refractivity contribution in [2.45, 2.75) is 38.7 Å². The molecule has 1 heterocycles. The molecule has 5 heteroatoms. The van der Waals surface area contributed by atoms with E-state index in [1.165, 1.54) is 0 Å². The SMILES string of the molecule is COc1cc(OC)cc(C2(O)CCN(CCC(C)(C)C#N)CC2)c1. The van der Waals surface area contributed by atoms with E-state index in [1.54, 1.807) is 14.2 Å². The van der Waals surface area contributed by atoms with Crippen LogP contribution in [0.1, 0.15) is 38.7 Å². The molecule has 24 heavy (non-hydrogen) atoms. The summed E-state index contributed by atoms with van der Waals surface area (Å²) in [4.78, 5) is 2.32. The van der Waals surface area contributed by atoms with Crippen LogP contribution >= 0.6 is 0 Å². The van der Waals surface area contributed by atoms with E-state index in [9.17, 15) is 5.11 Å². The third-order valence-corrected chi connectivity index (χ3v) is 4.93. The summed E-state index contributed by atoms with van der Waals surface area (Å²) in [6.07, 6.45) is 2.17. The van der Waals surface area contributed by atoms with E-state index in [0.717, 1.165) is 31.6 Å². The number of benzene rings is 1. The molecular formula is C19H28N2O3. The third kappa shape index (κ3) is 4.40. The van der Waals surface area contributed by atoms with E-state index in [0.29, 0.717) is 24.3 Å². The van der Waals surface area contributed by atoms with Gasteiger partial charge in [0.25, 0.3) is 0 Å². The summed E-state index contributed by atoms with van der Waals surface area (Å²) in [7, 11) is 3.23. The lowest BCUT2D eigenvalue weighted by molar-refractivity contribution is -0.0273. The Hall–Kier alpha value is -1.77. The van der Waals surface area contributed by atoms with Crippen molar-refractivity contribution in [3.63, 3.8) is 0 Å². The highest BCUT2D eigenvalue weighted by molar-refractivity contribution is 5.41. The van der Waals surface area contributed by atoms with Crippen LogP contribution in [-0.4, -0.2) is 43.9 Å². The first-order valence-electron chi connectivity index (χ1n) is 8.41. The largest absolute Gasteiger partial charge is 0.497 e. The van der Waals surface area contributed by atoms with E-state index in [2.05, 4.69) is 11.0 Å². The summed E-state index contributed by atoms with van der Waals surface area (Å²) < 4.78 is 10.6. The van der Waals surface area contributed by atoms with E-state index in [4.69, 9.17) is 14.7 Å². The molecule has 0 bridgehead atoms. The normalized spacial score (nSPS) is 18.0. The van der Waals surface area contributed by atoms with Crippen molar-refractivity contribution in [3.8, 4) is 17.6 Å². The van der Waals surface area contributed by atoms with Crippen molar-refractivity contribution in [1.82, 2.24) is 4.90 Å².